The van der Waals surface area contributed by atoms with Crippen molar-refractivity contribution in [3.63, 3.8) is 0 Å². The van der Waals surface area contributed by atoms with Crippen LogP contribution in [0.1, 0.15) is 85.5 Å². The summed E-state index contributed by atoms with van der Waals surface area (Å²) in [7, 11) is 0. The first-order chi connectivity index (χ1) is 9.97. The Morgan fingerprint density at radius 3 is 2.29 bits per heavy atom. The molecule has 3 unspecified atom stereocenters. The maximum Gasteiger partial charge on any atom is 0.309 e. The molecule has 0 spiro atoms. The summed E-state index contributed by atoms with van der Waals surface area (Å²) in [6.45, 7) is 8.73. The van der Waals surface area contributed by atoms with Gasteiger partial charge in [0.05, 0.1) is 5.92 Å². The Morgan fingerprint density at radius 1 is 1.05 bits per heavy atom. The van der Waals surface area contributed by atoms with Crippen LogP contribution >= 0.6 is 0 Å². The van der Waals surface area contributed by atoms with Gasteiger partial charge in [0.25, 0.3) is 0 Å². The Labute approximate surface area is 131 Å². The van der Waals surface area contributed by atoms with Crippen LogP contribution in [0.25, 0.3) is 0 Å². The quantitative estimate of drug-likeness (QED) is 0.639. The molecule has 21 heavy (non-hydrogen) atoms. The largest absolute Gasteiger partial charge is 0.459 e. The van der Waals surface area contributed by atoms with Crippen molar-refractivity contribution >= 4 is 5.97 Å². The molecular formula is C19H34O2. The highest BCUT2D eigenvalue weighted by atomic mass is 16.6. The lowest BCUT2D eigenvalue weighted by Gasteiger charge is -2.37. The number of hydrogen-bond donors (Lipinski definition) is 0. The number of hydrogen-bond acceptors (Lipinski definition) is 2. The Bertz CT molecular complexity index is 341. The molecule has 2 aliphatic carbocycles. The number of rotatable bonds is 5. The third-order valence-corrected chi connectivity index (χ3v) is 6.15. The second-order valence-electron chi connectivity index (χ2n) is 7.88. The van der Waals surface area contributed by atoms with E-state index in [1.165, 1.54) is 44.9 Å². The van der Waals surface area contributed by atoms with E-state index >= 15 is 0 Å². The summed E-state index contributed by atoms with van der Waals surface area (Å²) in [4.78, 5) is 12.7. The second-order valence-corrected chi connectivity index (χ2v) is 7.88. The first-order valence-electron chi connectivity index (χ1n) is 9.20. The molecule has 0 radical (unpaired) electrons. The van der Waals surface area contributed by atoms with Crippen LogP contribution in [0.4, 0.5) is 0 Å². The zero-order chi connectivity index (χ0) is 15.5. The van der Waals surface area contributed by atoms with E-state index in [1.54, 1.807) is 0 Å². The zero-order valence-electron chi connectivity index (χ0n) is 14.5. The molecule has 0 bridgehead atoms. The molecule has 0 N–H and O–H groups in total. The second kappa shape index (κ2) is 7.15. The van der Waals surface area contributed by atoms with Crippen molar-refractivity contribution in [1.82, 2.24) is 0 Å². The summed E-state index contributed by atoms with van der Waals surface area (Å²) in [6, 6.07) is 0. The molecule has 0 amide bonds. The van der Waals surface area contributed by atoms with Crippen LogP contribution in [0.2, 0.25) is 0 Å². The average molecular weight is 294 g/mol. The molecule has 3 atom stereocenters. The molecule has 0 saturated heterocycles. The fourth-order valence-electron chi connectivity index (χ4n) is 4.53. The number of esters is 1. The van der Waals surface area contributed by atoms with Gasteiger partial charge in [-0.3, -0.25) is 4.79 Å². The average Bonchev–Trinajstić information content (AvgIpc) is 2.91. The summed E-state index contributed by atoms with van der Waals surface area (Å²) in [5, 5.41) is 0. The Kier molecular flexibility index (Phi) is 5.73. The SMILES string of the molecule is CCC1CC(CC)C(C(=O)OC(C)(C)C2CCCCC2)C1. The van der Waals surface area contributed by atoms with Crippen molar-refractivity contribution in [2.24, 2.45) is 23.7 Å². The number of carbonyl (C=O) groups is 1. The number of carbonyl (C=O) groups excluding carboxylic acids is 1. The van der Waals surface area contributed by atoms with E-state index < -0.39 is 0 Å². The lowest BCUT2D eigenvalue weighted by atomic mass is 9.78. The topological polar surface area (TPSA) is 26.3 Å². The minimum atomic E-state index is -0.278. The van der Waals surface area contributed by atoms with Gasteiger partial charge in [-0.2, -0.15) is 0 Å². The van der Waals surface area contributed by atoms with Crippen LogP contribution in [-0.2, 0) is 9.53 Å². The van der Waals surface area contributed by atoms with Gasteiger partial charge >= 0.3 is 5.97 Å². The Morgan fingerprint density at radius 2 is 1.71 bits per heavy atom. The molecule has 0 aromatic carbocycles. The summed E-state index contributed by atoms with van der Waals surface area (Å²) in [5.74, 6) is 2.07. The van der Waals surface area contributed by atoms with Crippen LogP contribution in [-0.4, -0.2) is 11.6 Å². The molecule has 0 aromatic heterocycles. The highest BCUT2D eigenvalue weighted by molar-refractivity contribution is 5.73. The van der Waals surface area contributed by atoms with Crippen molar-refractivity contribution in [2.75, 3.05) is 0 Å². The van der Waals surface area contributed by atoms with Crippen LogP contribution in [0.15, 0.2) is 0 Å². The first kappa shape index (κ1) is 16.8. The molecule has 122 valence electrons. The van der Waals surface area contributed by atoms with Crippen LogP contribution in [0.5, 0.6) is 0 Å². The Balaban J connectivity index is 1.96. The molecule has 2 heteroatoms. The van der Waals surface area contributed by atoms with Gasteiger partial charge < -0.3 is 4.74 Å². The van der Waals surface area contributed by atoms with Gasteiger partial charge in [0.1, 0.15) is 5.60 Å². The first-order valence-corrected chi connectivity index (χ1v) is 9.20. The van der Waals surface area contributed by atoms with Crippen LogP contribution < -0.4 is 0 Å². The van der Waals surface area contributed by atoms with E-state index in [-0.39, 0.29) is 17.5 Å². The lowest BCUT2D eigenvalue weighted by Crippen LogP contribution is -2.40. The van der Waals surface area contributed by atoms with Crippen LogP contribution in [0.3, 0.4) is 0 Å². The highest BCUT2D eigenvalue weighted by Gasteiger charge is 2.41. The zero-order valence-corrected chi connectivity index (χ0v) is 14.5. The molecule has 2 aliphatic rings. The third kappa shape index (κ3) is 4.02. The Hall–Kier alpha value is -0.530. The summed E-state index contributed by atoms with van der Waals surface area (Å²) >= 11 is 0. The number of ether oxygens (including phenoxy) is 1. The minimum Gasteiger partial charge on any atom is -0.459 e. The molecule has 2 fully saturated rings. The van der Waals surface area contributed by atoms with Gasteiger partial charge in [0, 0.05) is 0 Å². The van der Waals surface area contributed by atoms with Crippen molar-refractivity contribution in [3.8, 4) is 0 Å². The maximum atomic E-state index is 12.7. The van der Waals surface area contributed by atoms with Gasteiger partial charge in [-0.1, -0.05) is 46.0 Å². The molecule has 2 saturated carbocycles. The molecule has 0 aliphatic heterocycles. The standard InChI is InChI=1S/C19H34O2/c1-5-14-12-15(6-2)17(13-14)18(20)21-19(3,4)16-10-8-7-9-11-16/h14-17H,5-13H2,1-4H3. The maximum absolute atomic E-state index is 12.7. The van der Waals surface area contributed by atoms with Gasteiger partial charge in [-0.05, 0) is 57.3 Å². The van der Waals surface area contributed by atoms with E-state index in [4.69, 9.17) is 4.74 Å². The molecule has 2 nitrogen and oxygen atoms in total. The summed E-state index contributed by atoms with van der Waals surface area (Å²) in [6.07, 6.45) is 11.0. The molecular weight excluding hydrogens is 260 g/mol. The van der Waals surface area contributed by atoms with E-state index in [1.807, 2.05) is 0 Å². The monoisotopic (exact) mass is 294 g/mol. The van der Waals surface area contributed by atoms with E-state index in [2.05, 4.69) is 27.7 Å². The molecule has 0 aromatic rings. The molecule has 0 heterocycles. The fourth-order valence-corrected chi connectivity index (χ4v) is 4.53. The summed E-state index contributed by atoms with van der Waals surface area (Å²) < 4.78 is 6.05. The van der Waals surface area contributed by atoms with Crippen molar-refractivity contribution in [3.05, 3.63) is 0 Å². The minimum absolute atomic E-state index is 0.0911. The van der Waals surface area contributed by atoms with Gasteiger partial charge in [-0.15, -0.1) is 0 Å². The van der Waals surface area contributed by atoms with Crippen molar-refractivity contribution in [2.45, 2.75) is 91.1 Å². The summed E-state index contributed by atoms with van der Waals surface area (Å²) in [5.41, 5.74) is -0.278. The van der Waals surface area contributed by atoms with E-state index in [0.29, 0.717) is 11.8 Å². The predicted molar refractivity (Wildman–Crippen MR) is 87.0 cm³/mol. The lowest BCUT2D eigenvalue weighted by molar-refractivity contribution is -0.169. The fraction of sp³-hybridized carbons (Fsp3) is 0.947. The van der Waals surface area contributed by atoms with E-state index in [0.717, 1.165) is 18.8 Å². The van der Waals surface area contributed by atoms with Crippen molar-refractivity contribution in [1.29, 1.82) is 0 Å². The van der Waals surface area contributed by atoms with Gasteiger partial charge in [0.15, 0.2) is 0 Å². The van der Waals surface area contributed by atoms with Crippen molar-refractivity contribution < 1.29 is 9.53 Å². The third-order valence-electron chi connectivity index (χ3n) is 6.15. The smallest absolute Gasteiger partial charge is 0.309 e. The van der Waals surface area contributed by atoms with Gasteiger partial charge in [0.2, 0.25) is 0 Å². The highest BCUT2D eigenvalue weighted by Crippen LogP contribution is 2.42. The van der Waals surface area contributed by atoms with Gasteiger partial charge in [-0.25, -0.2) is 0 Å². The van der Waals surface area contributed by atoms with Crippen LogP contribution in [0, 0.1) is 23.7 Å². The molecule has 2 rings (SSSR count). The normalized spacial score (nSPS) is 31.3. The predicted octanol–water partition coefficient (Wildman–Crippen LogP) is 5.35. The van der Waals surface area contributed by atoms with E-state index in [9.17, 15) is 4.79 Å².